The van der Waals surface area contributed by atoms with Crippen LogP contribution in [0.15, 0.2) is 0 Å². The van der Waals surface area contributed by atoms with E-state index in [1.54, 1.807) is 0 Å². The Morgan fingerprint density at radius 2 is 2.06 bits per heavy atom. The lowest BCUT2D eigenvalue weighted by molar-refractivity contribution is -0.143. The second-order valence-corrected chi connectivity index (χ2v) is 5.00. The molecule has 1 saturated heterocycles. The molecule has 0 aromatic rings. The van der Waals surface area contributed by atoms with E-state index in [4.69, 9.17) is 10.8 Å². The average molecular weight is 255 g/mol. The molecule has 4 N–H and O–H groups in total. The maximum absolute atomic E-state index is 11.9. The van der Waals surface area contributed by atoms with Crippen molar-refractivity contribution in [1.29, 1.82) is 0 Å². The van der Waals surface area contributed by atoms with Crippen molar-refractivity contribution in [2.24, 2.45) is 11.1 Å². The number of aliphatic carboxylic acids is 1. The van der Waals surface area contributed by atoms with E-state index >= 15 is 0 Å². The summed E-state index contributed by atoms with van der Waals surface area (Å²) in [6, 6.07) is -0.964. The summed E-state index contributed by atoms with van der Waals surface area (Å²) in [5, 5.41) is 11.6. The minimum Gasteiger partial charge on any atom is -0.481 e. The maximum Gasteiger partial charge on any atom is 0.318 e. The van der Waals surface area contributed by atoms with Crippen LogP contribution in [0, 0.1) is 5.41 Å². The van der Waals surface area contributed by atoms with Gasteiger partial charge in [0.2, 0.25) is 5.91 Å². The van der Waals surface area contributed by atoms with Crippen LogP contribution in [-0.4, -0.2) is 47.0 Å². The minimum atomic E-state index is -0.879. The Balaban J connectivity index is 1.88. The van der Waals surface area contributed by atoms with Gasteiger partial charge in [0.25, 0.3) is 0 Å². The summed E-state index contributed by atoms with van der Waals surface area (Å²) in [4.78, 5) is 35.4. The van der Waals surface area contributed by atoms with Gasteiger partial charge in [0.15, 0.2) is 0 Å². The van der Waals surface area contributed by atoms with Crippen molar-refractivity contribution in [3.05, 3.63) is 0 Å². The average Bonchev–Trinajstić information content (AvgIpc) is 2.94. The molecule has 7 nitrogen and oxygen atoms in total. The molecule has 1 saturated carbocycles. The predicted molar refractivity (Wildman–Crippen MR) is 61.6 cm³/mol. The second-order valence-electron chi connectivity index (χ2n) is 5.00. The summed E-state index contributed by atoms with van der Waals surface area (Å²) in [6.07, 6.45) is 2.49. The number of primary amides is 1. The highest BCUT2D eigenvalue weighted by atomic mass is 16.4. The highest BCUT2D eigenvalue weighted by molar-refractivity contribution is 5.87. The summed E-state index contributed by atoms with van der Waals surface area (Å²) < 4.78 is 0. The Labute approximate surface area is 104 Å². The van der Waals surface area contributed by atoms with Crippen molar-refractivity contribution in [2.45, 2.75) is 31.7 Å². The zero-order valence-electron chi connectivity index (χ0n) is 10.0. The van der Waals surface area contributed by atoms with Gasteiger partial charge in [0.05, 0.1) is 5.41 Å². The van der Waals surface area contributed by atoms with Gasteiger partial charge in [-0.2, -0.15) is 0 Å². The lowest BCUT2D eigenvalue weighted by atomic mass is 10.1. The summed E-state index contributed by atoms with van der Waals surface area (Å²) in [7, 11) is 0. The molecule has 18 heavy (non-hydrogen) atoms. The van der Waals surface area contributed by atoms with Crippen molar-refractivity contribution >= 4 is 17.9 Å². The SMILES string of the molecule is NC(=O)C1CCCN1C(=O)NCC1(C(=O)O)CC1. The highest BCUT2D eigenvalue weighted by Crippen LogP contribution is 2.45. The number of hydrogen-bond donors (Lipinski definition) is 3. The fourth-order valence-corrected chi connectivity index (χ4v) is 2.27. The molecule has 3 amide bonds. The van der Waals surface area contributed by atoms with Gasteiger partial charge in [-0.05, 0) is 25.7 Å². The third-order valence-electron chi connectivity index (χ3n) is 3.73. The van der Waals surface area contributed by atoms with Crippen molar-refractivity contribution in [2.75, 3.05) is 13.1 Å². The number of carbonyl (C=O) groups is 3. The minimum absolute atomic E-state index is 0.114. The molecule has 1 unspecified atom stereocenters. The van der Waals surface area contributed by atoms with E-state index in [1.807, 2.05) is 0 Å². The monoisotopic (exact) mass is 255 g/mol. The fourth-order valence-electron chi connectivity index (χ4n) is 2.27. The number of nitrogens with zero attached hydrogens (tertiary/aromatic N) is 1. The van der Waals surface area contributed by atoms with Crippen molar-refractivity contribution < 1.29 is 19.5 Å². The molecule has 1 heterocycles. The van der Waals surface area contributed by atoms with Gasteiger partial charge in [-0.1, -0.05) is 0 Å². The van der Waals surface area contributed by atoms with Gasteiger partial charge < -0.3 is 21.1 Å². The first-order valence-electron chi connectivity index (χ1n) is 6.03. The molecule has 1 aliphatic heterocycles. The van der Waals surface area contributed by atoms with Gasteiger partial charge >= 0.3 is 12.0 Å². The van der Waals surface area contributed by atoms with Gasteiger partial charge in [0, 0.05) is 13.1 Å². The third-order valence-corrected chi connectivity index (χ3v) is 3.73. The normalized spacial score (nSPS) is 24.7. The molecule has 100 valence electrons. The molecular formula is C11H17N3O4. The molecular weight excluding hydrogens is 238 g/mol. The Hall–Kier alpha value is -1.79. The number of carboxylic acid groups (broad SMARTS) is 1. The first kappa shape index (κ1) is 12.7. The Morgan fingerprint density at radius 1 is 1.39 bits per heavy atom. The molecule has 0 aromatic heterocycles. The molecule has 7 heteroatoms. The van der Waals surface area contributed by atoms with E-state index in [1.165, 1.54) is 4.90 Å². The van der Waals surface area contributed by atoms with Crippen LogP contribution < -0.4 is 11.1 Å². The quantitative estimate of drug-likeness (QED) is 0.629. The fraction of sp³-hybridized carbons (Fsp3) is 0.727. The van der Waals surface area contributed by atoms with Crippen LogP contribution >= 0.6 is 0 Å². The summed E-state index contributed by atoms with van der Waals surface area (Å²) >= 11 is 0. The Morgan fingerprint density at radius 3 is 2.56 bits per heavy atom. The van der Waals surface area contributed by atoms with Gasteiger partial charge in [-0.15, -0.1) is 0 Å². The van der Waals surface area contributed by atoms with Crippen LogP contribution in [0.4, 0.5) is 4.79 Å². The predicted octanol–water partition coefficient (Wildman–Crippen LogP) is -0.489. The summed E-state index contributed by atoms with van der Waals surface area (Å²) in [5.41, 5.74) is 4.42. The smallest absolute Gasteiger partial charge is 0.318 e. The number of amides is 3. The van der Waals surface area contributed by atoms with Crippen LogP contribution in [-0.2, 0) is 9.59 Å². The molecule has 0 aromatic carbocycles. The number of nitrogens with one attached hydrogen (secondary N) is 1. The Bertz CT molecular complexity index is 392. The summed E-state index contributed by atoms with van der Waals surface area (Å²) in [5.74, 6) is -1.39. The number of nitrogens with two attached hydrogens (primary N) is 1. The number of carboxylic acids is 1. The number of urea groups is 1. The zero-order valence-corrected chi connectivity index (χ0v) is 10.0. The molecule has 2 rings (SSSR count). The van der Waals surface area contributed by atoms with E-state index < -0.39 is 29.4 Å². The summed E-state index contributed by atoms with van der Waals surface area (Å²) in [6.45, 7) is 0.600. The van der Waals surface area contributed by atoms with Crippen molar-refractivity contribution in [1.82, 2.24) is 10.2 Å². The molecule has 2 fully saturated rings. The molecule has 2 aliphatic rings. The van der Waals surface area contributed by atoms with Gasteiger partial charge in [-0.25, -0.2) is 4.79 Å². The number of carbonyl (C=O) groups excluding carboxylic acids is 2. The number of hydrogen-bond acceptors (Lipinski definition) is 3. The molecule has 0 spiro atoms. The zero-order chi connectivity index (χ0) is 13.3. The van der Waals surface area contributed by atoms with E-state index in [0.29, 0.717) is 25.8 Å². The van der Waals surface area contributed by atoms with E-state index in [0.717, 1.165) is 6.42 Å². The van der Waals surface area contributed by atoms with Gasteiger partial charge in [-0.3, -0.25) is 9.59 Å². The third kappa shape index (κ3) is 2.25. The van der Waals surface area contributed by atoms with Crippen LogP contribution in [0.25, 0.3) is 0 Å². The molecule has 1 atom stereocenters. The van der Waals surface area contributed by atoms with E-state index in [-0.39, 0.29) is 6.54 Å². The molecule has 0 radical (unpaired) electrons. The standard InChI is InChI=1S/C11H17N3O4/c12-8(15)7-2-1-5-14(7)10(18)13-6-11(3-4-11)9(16)17/h7H,1-6H2,(H2,12,15)(H,13,18)(H,16,17). The van der Waals surface area contributed by atoms with Crippen LogP contribution in [0.5, 0.6) is 0 Å². The first-order valence-corrected chi connectivity index (χ1v) is 6.03. The van der Waals surface area contributed by atoms with Crippen LogP contribution in [0.2, 0.25) is 0 Å². The van der Waals surface area contributed by atoms with Crippen LogP contribution in [0.3, 0.4) is 0 Å². The topological polar surface area (TPSA) is 113 Å². The van der Waals surface area contributed by atoms with Crippen molar-refractivity contribution in [3.8, 4) is 0 Å². The Kier molecular flexibility index (Phi) is 3.14. The van der Waals surface area contributed by atoms with E-state index in [9.17, 15) is 14.4 Å². The lowest BCUT2D eigenvalue weighted by Crippen LogP contribution is -2.49. The first-order chi connectivity index (χ1) is 8.46. The van der Waals surface area contributed by atoms with Crippen LogP contribution in [0.1, 0.15) is 25.7 Å². The van der Waals surface area contributed by atoms with Crippen molar-refractivity contribution in [3.63, 3.8) is 0 Å². The second kappa shape index (κ2) is 4.47. The lowest BCUT2D eigenvalue weighted by Gasteiger charge is -2.23. The van der Waals surface area contributed by atoms with Gasteiger partial charge in [0.1, 0.15) is 6.04 Å². The number of rotatable bonds is 4. The number of likely N-dealkylation sites (tertiary alicyclic amines) is 1. The molecule has 0 bridgehead atoms. The largest absolute Gasteiger partial charge is 0.481 e. The van der Waals surface area contributed by atoms with E-state index in [2.05, 4.69) is 5.32 Å². The maximum atomic E-state index is 11.9. The highest BCUT2D eigenvalue weighted by Gasteiger charge is 2.50. The molecule has 1 aliphatic carbocycles.